The smallest absolute Gasteiger partial charge is 0.0645 e. The second-order valence-corrected chi connectivity index (χ2v) is 4.90. The highest BCUT2D eigenvalue weighted by molar-refractivity contribution is 4.96. The van der Waals surface area contributed by atoms with E-state index in [-0.39, 0.29) is 17.7 Å². The Morgan fingerprint density at radius 2 is 2.14 bits per heavy atom. The van der Waals surface area contributed by atoms with Crippen molar-refractivity contribution in [3.8, 4) is 0 Å². The minimum atomic E-state index is -0.113. The molecule has 0 amide bonds. The number of hydrogen-bond acceptors (Lipinski definition) is 3. The summed E-state index contributed by atoms with van der Waals surface area (Å²) in [4.78, 5) is 0. The molecule has 0 aliphatic carbocycles. The first kappa shape index (κ1) is 12.0. The Hall–Kier alpha value is -0.120. The first-order valence-electron chi connectivity index (χ1n) is 5.53. The van der Waals surface area contributed by atoms with E-state index in [0.29, 0.717) is 0 Å². The molecule has 1 fully saturated rings. The Balaban J connectivity index is 2.58. The van der Waals surface area contributed by atoms with Gasteiger partial charge >= 0.3 is 0 Å². The molecule has 2 N–H and O–H groups in total. The lowest BCUT2D eigenvalue weighted by atomic mass is 9.82. The lowest BCUT2D eigenvalue weighted by Gasteiger charge is -2.44. The van der Waals surface area contributed by atoms with Crippen LogP contribution in [0.1, 0.15) is 40.0 Å². The highest BCUT2D eigenvalue weighted by Crippen LogP contribution is 2.31. The molecule has 1 heterocycles. The maximum Gasteiger partial charge on any atom is 0.0645 e. The third-order valence-electron chi connectivity index (χ3n) is 2.89. The zero-order chi connectivity index (χ0) is 10.7. The molecule has 0 radical (unpaired) electrons. The molecule has 0 aromatic heterocycles. The molecule has 0 bridgehead atoms. The van der Waals surface area contributed by atoms with Gasteiger partial charge in [0.25, 0.3) is 0 Å². The van der Waals surface area contributed by atoms with E-state index in [2.05, 4.69) is 26.1 Å². The van der Waals surface area contributed by atoms with Crippen LogP contribution in [0.3, 0.4) is 0 Å². The second kappa shape index (κ2) is 4.60. The van der Waals surface area contributed by atoms with Gasteiger partial charge in [-0.2, -0.15) is 0 Å². The maximum absolute atomic E-state index is 9.48. The summed E-state index contributed by atoms with van der Waals surface area (Å²) < 4.78 is 5.65. The monoisotopic (exact) mass is 201 g/mol. The van der Waals surface area contributed by atoms with E-state index in [9.17, 15) is 5.11 Å². The lowest BCUT2D eigenvalue weighted by Crippen LogP contribution is -2.57. The number of aliphatic hydroxyl groups excluding tert-OH is 1. The number of rotatable bonds is 4. The molecule has 3 nitrogen and oxygen atoms in total. The van der Waals surface area contributed by atoms with E-state index in [1.165, 1.54) is 0 Å². The number of aliphatic hydroxyl groups is 1. The third-order valence-corrected chi connectivity index (χ3v) is 2.89. The van der Waals surface area contributed by atoms with Crippen molar-refractivity contribution in [3.63, 3.8) is 0 Å². The van der Waals surface area contributed by atoms with Crippen molar-refractivity contribution >= 4 is 0 Å². The Kier molecular flexibility index (Phi) is 3.93. The molecule has 1 atom stereocenters. The summed E-state index contributed by atoms with van der Waals surface area (Å²) >= 11 is 0. The topological polar surface area (TPSA) is 41.5 Å². The van der Waals surface area contributed by atoms with Gasteiger partial charge in [0, 0.05) is 12.1 Å². The van der Waals surface area contributed by atoms with Crippen LogP contribution in [0.25, 0.3) is 0 Å². The molecule has 84 valence electrons. The van der Waals surface area contributed by atoms with Crippen LogP contribution in [0.15, 0.2) is 0 Å². The first-order chi connectivity index (χ1) is 6.54. The summed E-state index contributed by atoms with van der Waals surface area (Å²) in [5, 5.41) is 12.9. The van der Waals surface area contributed by atoms with Crippen LogP contribution in [0, 0.1) is 0 Å². The van der Waals surface area contributed by atoms with Crippen LogP contribution in [-0.4, -0.2) is 36.0 Å². The molecule has 0 aromatic carbocycles. The number of ether oxygens (including phenoxy) is 1. The normalized spacial score (nSPS) is 31.7. The van der Waals surface area contributed by atoms with E-state index < -0.39 is 0 Å². The lowest BCUT2D eigenvalue weighted by molar-refractivity contribution is -0.0979. The molecular formula is C11H23NO2. The van der Waals surface area contributed by atoms with E-state index in [0.717, 1.165) is 32.4 Å². The van der Waals surface area contributed by atoms with Gasteiger partial charge in [0.2, 0.25) is 0 Å². The van der Waals surface area contributed by atoms with Crippen molar-refractivity contribution in [2.45, 2.75) is 51.2 Å². The Labute approximate surface area is 86.8 Å². The molecule has 1 aliphatic heterocycles. The first-order valence-corrected chi connectivity index (χ1v) is 5.53. The van der Waals surface area contributed by atoms with Gasteiger partial charge in [0.05, 0.1) is 12.2 Å². The molecule has 3 heteroatoms. The number of nitrogens with one attached hydrogen (secondary N) is 1. The van der Waals surface area contributed by atoms with Gasteiger partial charge in [-0.05, 0) is 39.7 Å². The van der Waals surface area contributed by atoms with Crippen molar-refractivity contribution < 1.29 is 9.84 Å². The van der Waals surface area contributed by atoms with E-state index >= 15 is 0 Å². The summed E-state index contributed by atoms with van der Waals surface area (Å²) in [6.07, 6.45) is 2.90. The minimum absolute atomic E-state index is 0.109. The predicted octanol–water partition coefficient (Wildman–Crippen LogP) is 1.31. The fourth-order valence-electron chi connectivity index (χ4n) is 2.21. The standard InChI is InChI=1S/C11H23NO2/c1-4-6-12-11(9-13)5-7-14-10(2,3)8-11/h12-13H,4-9H2,1-3H3. The fraction of sp³-hybridized carbons (Fsp3) is 1.00. The molecule has 0 spiro atoms. The van der Waals surface area contributed by atoms with Crippen molar-refractivity contribution in [2.24, 2.45) is 0 Å². The molecule has 1 rings (SSSR count). The largest absolute Gasteiger partial charge is 0.394 e. The van der Waals surface area contributed by atoms with Crippen molar-refractivity contribution in [1.29, 1.82) is 0 Å². The predicted molar refractivity (Wildman–Crippen MR) is 57.4 cm³/mol. The molecule has 1 saturated heterocycles. The summed E-state index contributed by atoms with van der Waals surface area (Å²) in [5.41, 5.74) is -0.223. The molecule has 0 aromatic rings. The molecule has 1 aliphatic rings. The highest BCUT2D eigenvalue weighted by atomic mass is 16.5. The van der Waals surface area contributed by atoms with E-state index in [1.807, 2.05) is 0 Å². The zero-order valence-electron chi connectivity index (χ0n) is 9.60. The highest BCUT2D eigenvalue weighted by Gasteiger charge is 2.39. The van der Waals surface area contributed by atoms with Crippen LogP contribution in [0.5, 0.6) is 0 Å². The molecule has 1 unspecified atom stereocenters. The van der Waals surface area contributed by atoms with Gasteiger partial charge in [0.1, 0.15) is 0 Å². The van der Waals surface area contributed by atoms with E-state index in [1.54, 1.807) is 0 Å². The number of hydrogen-bond donors (Lipinski definition) is 2. The Bertz CT molecular complexity index is 182. The van der Waals surface area contributed by atoms with Gasteiger partial charge in [0.15, 0.2) is 0 Å². The summed E-state index contributed by atoms with van der Waals surface area (Å²) in [6.45, 7) is 8.23. The SMILES string of the molecule is CCCNC1(CO)CCOC(C)(C)C1. The van der Waals surface area contributed by atoms with Crippen LogP contribution in [0.4, 0.5) is 0 Å². The minimum Gasteiger partial charge on any atom is -0.394 e. The third kappa shape index (κ3) is 2.94. The Morgan fingerprint density at radius 3 is 2.64 bits per heavy atom. The van der Waals surface area contributed by atoms with Crippen LogP contribution in [-0.2, 0) is 4.74 Å². The van der Waals surface area contributed by atoms with Gasteiger partial charge in [-0.3, -0.25) is 0 Å². The maximum atomic E-state index is 9.48. The molecular weight excluding hydrogens is 178 g/mol. The Morgan fingerprint density at radius 1 is 1.43 bits per heavy atom. The average molecular weight is 201 g/mol. The zero-order valence-corrected chi connectivity index (χ0v) is 9.60. The van der Waals surface area contributed by atoms with Gasteiger partial charge in [-0.1, -0.05) is 6.92 Å². The van der Waals surface area contributed by atoms with Gasteiger partial charge in [-0.15, -0.1) is 0 Å². The van der Waals surface area contributed by atoms with Gasteiger partial charge in [-0.25, -0.2) is 0 Å². The summed E-state index contributed by atoms with van der Waals surface area (Å²) in [6, 6.07) is 0. The summed E-state index contributed by atoms with van der Waals surface area (Å²) in [7, 11) is 0. The summed E-state index contributed by atoms with van der Waals surface area (Å²) in [5.74, 6) is 0. The van der Waals surface area contributed by atoms with Crippen LogP contribution < -0.4 is 5.32 Å². The molecule has 0 saturated carbocycles. The fourth-order valence-corrected chi connectivity index (χ4v) is 2.21. The van der Waals surface area contributed by atoms with Crippen LogP contribution in [0.2, 0.25) is 0 Å². The average Bonchev–Trinajstić information content (AvgIpc) is 2.13. The quantitative estimate of drug-likeness (QED) is 0.720. The molecule has 14 heavy (non-hydrogen) atoms. The van der Waals surface area contributed by atoms with Crippen LogP contribution >= 0.6 is 0 Å². The second-order valence-electron chi connectivity index (χ2n) is 4.90. The van der Waals surface area contributed by atoms with E-state index in [4.69, 9.17) is 4.74 Å². The van der Waals surface area contributed by atoms with Crippen molar-refractivity contribution in [2.75, 3.05) is 19.8 Å². The van der Waals surface area contributed by atoms with Crippen molar-refractivity contribution in [1.82, 2.24) is 5.32 Å². The van der Waals surface area contributed by atoms with Crippen molar-refractivity contribution in [3.05, 3.63) is 0 Å². The van der Waals surface area contributed by atoms with Gasteiger partial charge < -0.3 is 15.2 Å².